The zero-order valence-corrected chi connectivity index (χ0v) is 37.8. The molecule has 0 spiro atoms. The van der Waals surface area contributed by atoms with Crippen LogP contribution in [-0.4, -0.2) is 124 Å². The minimum Gasteiger partial charge on any atom is -0.491 e. The van der Waals surface area contributed by atoms with Crippen molar-refractivity contribution in [2.75, 3.05) is 119 Å². The van der Waals surface area contributed by atoms with E-state index in [2.05, 4.69) is 72.8 Å². The van der Waals surface area contributed by atoms with Crippen molar-refractivity contribution in [3.05, 3.63) is 141 Å². The fourth-order valence-corrected chi connectivity index (χ4v) is 8.33. The van der Waals surface area contributed by atoms with Crippen LogP contribution in [0.5, 0.6) is 34.5 Å². The minimum absolute atomic E-state index is 0.142. The van der Waals surface area contributed by atoms with Gasteiger partial charge in [-0.05, 0) is 62.2 Å². The summed E-state index contributed by atoms with van der Waals surface area (Å²) in [4.78, 5) is 0. The predicted molar refractivity (Wildman–Crippen MR) is 247 cm³/mol. The van der Waals surface area contributed by atoms with E-state index in [0.29, 0.717) is 162 Å². The lowest BCUT2D eigenvalue weighted by Gasteiger charge is -2.23. The minimum atomic E-state index is -0.142. The molecule has 13 nitrogen and oxygen atoms in total. The van der Waals surface area contributed by atoms with Gasteiger partial charge in [0.1, 0.15) is 74.1 Å². The lowest BCUT2D eigenvalue weighted by molar-refractivity contribution is -0.00706. The van der Waals surface area contributed by atoms with Crippen LogP contribution in [0.15, 0.2) is 91.0 Å². The lowest BCUT2D eigenvalue weighted by Crippen LogP contribution is -2.15. The Morgan fingerprint density at radius 1 is 0.288 bits per heavy atom. The molecule has 0 aromatic heterocycles. The summed E-state index contributed by atoms with van der Waals surface area (Å²) in [5, 5.41) is 9.92. The summed E-state index contributed by atoms with van der Waals surface area (Å²) in [6, 6.07) is 30.8. The highest BCUT2D eigenvalue weighted by molar-refractivity contribution is 5.56. The van der Waals surface area contributed by atoms with E-state index in [1.54, 1.807) is 12.1 Å². The fraction of sp³-hybridized carbons (Fsp3) is 0.434. The van der Waals surface area contributed by atoms with Gasteiger partial charge < -0.3 is 61.9 Å². The molecule has 1 N–H and O–H groups in total. The van der Waals surface area contributed by atoms with Crippen LogP contribution in [-0.2, 0) is 60.7 Å². The van der Waals surface area contributed by atoms with Crippen LogP contribution in [0.3, 0.4) is 0 Å². The van der Waals surface area contributed by atoms with Gasteiger partial charge in [0, 0.05) is 31.7 Å². The number of benzene rings is 5. The number of aliphatic hydroxyl groups excluding tert-OH is 1. The van der Waals surface area contributed by atoms with Crippen molar-refractivity contribution in [2.45, 2.75) is 32.3 Å². The third-order valence-electron chi connectivity index (χ3n) is 11.4. The van der Waals surface area contributed by atoms with E-state index in [-0.39, 0.29) is 6.61 Å². The molecule has 352 valence electrons. The zero-order chi connectivity index (χ0) is 45.0. The number of hydrogen-bond donors (Lipinski definition) is 1. The second-order valence-electron chi connectivity index (χ2n) is 16.1. The zero-order valence-electron chi connectivity index (χ0n) is 37.8. The largest absolute Gasteiger partial charge is 0.491 e. The molecule has 66 heavy (non-hydrogen) atoms. The average molecular weight is 907 g/mol. The molecule has 3 aliphatic heterocycles. The summed E-state index contributed by atoms with van der Waals surface area (Å²) in [5.74, 6) is 4.39. The van der Waals surface area contributed by atoms with Crippen LogP contribution in [0.1, 0.15) is 50.1 Å². The molecule has 0 fully saturated rings. The molecule has 13 heteroatoms. The normalized spacial score (nSPS) is 17.8. The molecule has 1 aliphatic carbocycles. The maximum Gasteiger partial charge on any atom is 0.126 e. The highest BCUT2D eigenvalue weighted by Crippen LogP contribution is 2.39. The van der Waals surface area contributed by atoms with E-state index in [0.717, 1.165) is 67.5 Å². The number of rotatable bonds is 1. The molecule has 5 aromatic carbocycles. The number of fused-ring (bicyclic) bond motifs is 12. The maximum absolute atomic E-state index is 9.92. The van der Waals surface area contributed by atoms with Crippen molar-refractivity contribution < 1.29 is 61.9 Å². The molecule has 5 aromatic rings. The topological polar surface area (TPSA) is 131 Å². The maximum atomic E-state index is 9.92. The summed E-state index contributed by atoms with van der Waals surface area (Å²) in [5.41, 5.74) is 8.88. The molecule has 0 unspecified atom stereocenters. The van der Waals surface area contributed by atoms with Crippen molar-refractivity contribution in [3.8, 4) is 34.5 Å². The van der Waals surface area contributed by atoms with E-state index >= 15 is 0 Å². The van der Waals surface area contributed by atoms with Crippen molar-refractivity contribution >= 4 is 0 Å². The standard InChI is InChI=1S/C53H62O13/c54-38-39-31-48-37-49(32-39)62-26-20-60-24-30-66-53-45-10-4-12-47(53)36-43-8-2-7-42-35-46-11-3-9-44(52(46)65-29-23-59-19-25-61-48)33-40-5-1-6-41(34-45)50(40)63-27-21-57-17-15-55-13-14-56-16-18-58-22-28-64-51(42)43/h1-12,31-32,37,54H,13-30,33-36,38H2. The van der Waals surface area contributed by atoms with Gasteiger partial charge in [-0.2, -0.15) is 0 Å². The average Bonchev–Trinajstić information content (AvgIpc) is 3.32. The summed E-state index contributed by atoms with van der Waals surface area (Å²) >= 11 is 0. The third kappa shape index (κ3) is 13.6. The predicted octanol–water partition coefficient (Wildman–Crippen LogP) is 6.96. The monoisotopic (exact) mass is 906 g/mol. The van der Waals surface area contributed by atoms with Gasteiger partial charge in [-0.25, -0.2) is 0 Å². The molecule has 0 atom stereocenters. The van der Waals surface area contributed by atoms with Gasteiger partial charge in [-0.15, -0.1) is 0 Å². The first-order valence-electron chi connectivity index (χ1n) is 23.1. The van der Waals surface area contributed by atoms with Crippen LogP contribution < -0.4 is 28.4 Å². The number of hydrogen-bond acceptors (Lipinski definition) is 13. The van der Waals surface area contributed by atoms with Crippen LogP contribution in [0.25, 0.3) is 0 Å². The number of para-hydroxylation sites is 4. The first kappa shape index (κ1) is 47.1. The highest BCUT2D eigenvalue weighted by atomic mass is 16.6. The quantitative estimate of drug-likeness (QED) is 0.171. The van der Waals surface area contributed by atoms with E-state index in [4.69, 9.17) is 56.8 Å². The van der Waals surface area contributed by atoms with Crippen molar-refractivity contribution in [3.63, 3.8) is 0 Å². The second kappa shape index (κ2) is 25.5. The Kier molecular flexibility index (Phi) is 18.2. The number of ether oxygens (including phenoxy) is 12. The van der Waals surface area contributed by atoms with Crippen LogP contribution in [0, 0.1) is 0 Å². The molecule has 0 amide bonds. The Hall–Kier alpha value is -5.38. The molecule has 4 aliphatic rings. The van der Waals surface area contributed by atoms with Crippen LogP contribution in [0.2, 0.25) is 0 Å². The Morgan fingerprint density at radius 3 is 0.758 bits per heavy atom. The molecule has 3 heterocycles. The van der Waals surface area contributed by atoms with Gasteiger partial charge in [0.15, 0.2) is 0 Å². The summed E-state index contributed by atoms with van der Waals surface area (Å²) in [7, 11) is 0. The molecule has 0 saturated carbocycles. The molecular formula is C53H62O13. The van der Waals surface area contributed by atoms with Gasteiger partial charge in [0.2, 0.25) is 0 Å². The molecule has 0 saturated heterocycles. The summed E-state index contributed by atoms with van der Waals surface area (Å²) in [6.07, 6.45) is 2.21. The van der Waals surface area contributed by atoms with E-state index in [9.17, 15) is 5.11 Å². The van der Waals surface area contributed by atoms with Gasteiger partial charge in [0.25, 0.3) is 0 Å². The second-order valence-corrected chi connectivity index (χ2v) is 16.1. The van der Waals surface area contributed by atoms with E-state index in [1.165, 1.54) is 0 Å². The highest BCUT2D eigenvalue weighted by Gasteiger charge is 2.22. The van der Waals surface area contributed by atoms with Gasteiger partial charge in [-0.1, -0.05) is 72.8 Å². The van der Waals surface area contributed by atoms with E-state index < -0.39 is 0 Å². The Labute approximate surface area is 387 Å². The molecule has 0 radical (unpaired) electrons. The fourth-order valence-electron chi connectivity index (χ4n) is 8.33. The Balaban J connectivity index is 1.19. The van der Waals surface area contributed by atoms with Crippen molar-refractivity contribution in [2.24, 2.45) is 0 Å². The van der Waals surface area contributed by atoms with Crippen LogP contribution in [0.4, 0.5) is 0 Å². The van der Waals surface area contributed by atoms with Crippen molar-refractivity contribution in [1.82, 2.24) is 0 Å². The molecule has 14 bridgehead atoms. The summed E-state index contributed by atoms with van der Waals surface area (Å²) < 4.78 is 74.6. The molecular weight excluding hydrogens is 845 g/mol. The Morgan fingerprint density at radius 2 is 0.515 bits per heavy atom. The SMILES string of the molecule is OCc1cc2cc(c1)OCCOCCOc1c3cccc1Cc1cccc4c1OCCOCCOCCOCCOCCOc1c(cccc1C3)Cc1cccc(c1OCCOCCO2)C4. The molecule has 9 rings (SSSR count). The van der Waals surface area contributed by atoms with Crippen LogP contribution >= 0.6 is 0 Å². The first-order chi connectivity index (χ1) is 32.7. The van der Waals surface area contributed by atoms with Gasteiger partial charge >= 0.3 is 0 Å². The lowest BCUT2D eigenvalue weighted by atomic mass is 9.91. The third-order valence-corrected chi connectivity index (χ3v) is 11.4. The van der Waals surface area contributed by atoms with Crippen molar-refractivity contribution in [1.29, 1.82) is 0 Å². The smallest absolute Gasteiger partial charge is 0.126 e. The van der Waals surface area contributed by atoms with Gasteiger partial charge in [0.05, 0.1) is 85.9 Å². The van der Waals surface area contributed by atoms with E-state index in [1.807, 2.05) is 6.07 Å². The van der Waals surface area contributed by atoms with Gasteiger partial charge in [-0.3, -0.25) is 0 Å². The first-order valence-corrected chi connectivity index (χ1v) is 23.1. The number of aliphatic hydroxyl groups is 1. The summed E-state index contributed by atoms with van der Waals surface area (Å²) in [6.45, 7) is 6.71. The Bertz CT molecular complexity index is 2040.